The number of ether oxygens (including phenoxy) is 2. The molecule has 0 aromatic carbocycles. The molecule has 2 aromatic rings. The van der Waals surface area contributed by atoms with Crippen LogP contribution >= 0.6 is 0 Å². The van der Waals surface area contributed by atoms with Crippen molar-refractivity contribution in [3.63, 3.8) is 0 Å². The van der Waals surface area contributed by atoms with Crippen molar-refractivity contribution in [1.29, 1.82) is 0 Å². The quantitative estimate of drug-likeness (QED) is 0.855. The Bertz CT molecular complexity index is 808. The Morgan fingerprint density at radius 3 is 2.92 bits per heavy atom. The van der Waals surface area contributed by atoms with Gasteiger partial charge in [0.25, 0.3) is 5.91 Å². The van der Waals surface area contributed by atoms with Gasteiger partial charge >= 0.3 is 0 Å². The molecule has 4 rings (SSSR count). The number of aromatic nitrogens is 2. The molecule has 134 valence electrons. The summed E-state index contributed by atoms with van der Waals surface area (Å²) in [7, 11) is 3.38. The van der Waals surface area contributed by atoms with Gasteiger partial charge in [0.1, 0.15) is 5.65 Å². The van der Waals surface area contributed by atoms with E-state index in [2.05, 4.69) is 4.98 Å². The van der Waals surface area contributed by atoms with Gasteiger partial charge in [-0.05, 0) is 37.8 Å². The molecule has 2 aliphatic rings. The molecule has 3 heterocycles. The molecule has 0 unspecified atom stereocenters. The Balaban J connectivity index is 1.68. The first kappa shape index (κ1) is 16.5. The van der Waals surface area contributed by atoms with Gasteiger partial charge in [-0.15, -0.1) is 0 Å². The van der Waals surface area contributed by atoms with Crippen molar-refractivity contribution in [3.05, 3.63) is 36.0 Å². The number of amides is 1. The second-order valence-electron chi connectivity index (χ2n) is 6.85. The van der Waals surface area contributed by atoms with E-state index in [1.54, 1.807) is 43.5 Å². The Morgan fingerprint density at radius 2 is 2.20 bits per heavy atom. The zero-order valence-corrected chi connectivity index (χ0v) is 14.4. The lowest BCUT2D eigenvalue weighted by Gasteiger charge is -2.43. The number of nitrogens with zero attached hydrogens (tertiary/aromatic N) is 3. The summed E-state index contributed by atoms with van der Waals surface area (Å²) in [5.74, 6) is -0.989. The number of imidazole rings is 1. The van der Waals surface area contributed by atoms with Crippen LogP contribution in [0.4, 0.5) is 4.39 Å². The van der Waals surface area contributed by atoms with Gasteiger partial charge in [0.05, 0.1) is 17.7 Å². The molecule has 2 aromatic heterocycles. The molecule has 3 atom stereocenters. The zero-order valence-electron chi connectivity index (χ0n) is 14.4. The molecule has 25 heavy (non-hydrogen) atoms. The average Bonchev–Trinajstić information content (AvgIpc) is 3.19. The molecule has 1 saturated carbocycles. The van der Waals surface area contributed by atoms with Gasteiger partial charge in [-0.1, -0.05) is 6.07 Å². The lowest BCUT2D eigenvalue weighted by molar-refractivity contribution is -0.0894. The minimum absolute atomic E-state index is 0.0904. The smallest absolute Gasteiger partial charge is 0.277 e. The molecule has 0 radical (unpaired) electrons. The number of rotatable bonds is 3. The third kappa shape index (κ3) is 2.45. The van der Waals surface area contributed by atoms with E-state index < -0.39 is 5.95 Å². The Hall–Kier alpha value is -1.99. The Labute approximate surface area is 145 Å². The zero-order chi connectivity index (χ0) is 17.6. The van der Waals surface area contributed by atoms with Gasteiger partial charge < -0.3 is 14.4 Å². The molecule has 1 amide bonds. The van der Waals surface area contributed by atoms with Crippen LogP contribution in [0.1, 0.15) is 36.2 Å². The summed E-state index contributed by atoms with van der Waals surface area (Å²) >= 11 is 0. The number of carbonyl (C=O) groups excluding carboxylic acids is 1. The molecular formula is C18H22FN3O3. The number of hydrogen-bond acceptors (Lipinski definition) is 4. The van der Waals surface area contributed by atoms with Crippen LogP contribution in [0, 0.1) is 5.95 Å². The minimum Gasteiger partial charge on any atom is -0.381 e. The van der Waals surface area contributed by atoms with Gasteiger partial charge in [0.15, 0.2) is 5.69 Å². The van der Waals surface area contributed by atoms with Crippen LogP contribution in [-0.2, 0) is 9.47 Å². The highest BCUT2D eigenvalue weighted by Crippen LogP contribution is 2.43. The Kier molecular flexibility index (Phi) is 4.00. The maximum Gasteiger partial charge on any atom is 0.277 e. The van der Waals surface area contributed by atoms with Crippen LogP contribution in [0.2, 0.25) is 0 Å². The molecule has 0 N–H and O–H groups in total. The van der Waals surface area contributed by atoms with Gasteiger partial charge in [-0.3, -0.25) is 9.20 Å². The van der Waals surface area contributed by atoms with Crippen molar-refractivity contribution in [2.45, 2.75) is 43.4 Å². The molecule has 1 aliphatic carbocycles. The molecule has 6 nitrogen and oxygen atoms in total. The van der Waals surface area contributed by atoms with Crippen LogP contribution in [0.5, 0.6) is 0 Å². The third-order valence-electron chi connectivity index (χ3n) is 5.81. The van der Waals surface area contributed by atoms with E-state index >= 15 is 0 Å². The molecular weight excluding hydrogens is 325 g/mol. The summed E-state index contributed by atoms with van der Waals surface area (Å²) in [6.45, 7) is 0.543. The largest absolute Gasteiger partial charge is 0.381 e. The highest BCUT2D eigenvalue weighted by atomic mass is 19.1. The summed E-state index contributed by atoms with van der Waals surface area (Å²) in [4.78, 5) is 19.0. The van der Waals surface area contributed by atoms with E-state index in [1.807, 2.05) is 0 Å². The van der Waals surface area contributed by atoms with Crippen molar-refractivity contribution in [2.75, 3.05) is 20.8 Å². The standard InChI is InChI=1S/C18H22FN3O3/c1-24-12-6-7-18(25-2)8-10-21(13(18)11-12)17(23)15-16(19)22-9-4-3-5-14(22)20-15/h3-5,9,12-13H,6-8,10-11H2,1-2H3/t12-,13+,18-/m1/s1. The fourth-order valence-corrected chi connectivity index (χ4v) is 4.36. The van der Waals surface area contributed by atoms with Crippen molar-refractivity contribution in [1.82, 2.24) is 14.3 Å². The number of halogens is 1. The fraction of sp³-hybridized carbons (Fsp3) is 0.556. The summed E-state index contributed by atoms with van der Waals surface area (Å²) in [6, 6.07) is 5.05. The maximum atomic E-state index is 14.7. The van der Waals surface area contributed by atoms with E-state index in [0.29, 0.717) is 18.6 Å². The van der Waals surface area contributed by atoms with Gasteiger partial charge in [0, 0.05) is 27.0 Å². The minimum atomic E-state index is -0.616. The highest BCUT2D eigenvalue weighted by molar-refractivity contribution is 5.93. The topological polar surface area (TPSA) is 56.1 Å². The summed E-state index contributed by atoms with van der Waals surface area (Å²) in [6.07, 6.45) is 4.86. The monoisotopic (exact) mass is 347 g/mol. The lowest BCUT2D eigenvalue weighted by atomic mass is 9.79. The molecule has 7 heteroatoms. The molecule has 0 bridgehead atoms. The van der Waals surface area contributed by atoms with Gasteiger partial charge in [-0.2, -0.15) is 4.39 Å². The second kappa shape index (κ2) is 6.07. The number of carbonyl (C=O) groups is 1. The molecule has 1 aliphatic heterocycles. The van der Waals surface area contributed by atoms with E-state index in [-0.39, 0.29) is 29.3 Å². The predicted molar refractivity (Wildman–Crippen MR) is 89.0 cm³/mol. The molecule has 0 spiro atoms. The van der Waals surface area contributed by atoms with Gasteiger partial charge in [0.2, 0.25) is 5.95 Å². The molecule has 2 fully saturated rings. The van der Waals surface area contributed by atoms with Crippen molar-refractivity contribution in [3.8, 4) is 0 Å². The second-order valence-corrected chi connectivity index (χ2v) is 6.85. The summed E-state index contributed by atoms with van der Waals surface area (Å²) in [5.41, 5.74) is -0.0584. The molecule has 1 saturated heterocycles. The first-order valence-electron chi connectivity index (χ1n) is 8.61. The first-order chi connectivity index (χ1) is 12.1. The number of hydrogen-bond donors (Lipinski definition) is 0. The number of methoxy groups -OCH3 is 2. The number of fused-ring (bicyclic) bond motifs is 2. The lowest BCUT2D eigenvalue weighted by Crippen LogP contribution is -2.53. The third-order valence-corrected chi connectivity index (χ3v) is 5.81. The van der Waals surface area contributed by atoms with Gasteiger partial charge in [-0.25, -0.2) is 4.98 Å². The van der Waals surface area contributed by atoms with Crippen molar-refractivity contribution in [2.24, 2.45) is 0 Å². The van der Waals surface area contributed by atoms with Crippen LogP contribution in [-0.4, -0.2) is 58.7 Å². The van der Waals surface area contributed by atoms with E-state index in [0.717, 1.165) is 19.3 Å². The first-order valence-corrected chi connectivity index (χ1v) is 8.61. The Morgan fingerprint density at radius 1 is 1.36 bits per heavy atom. The van der Waals surface area contributed by atoms with Crippen LogP contribution in [0.15, 0.2) is 24.4 Å². The van der Waals surface area contributed by atoms with Crippen LogP contribution in [0.3, 0.4) is 0 Å². The normalized spacial score (nSPS) is 29.2. The van der Waals surface area contributed by atoms with Crippen molar-refractivity contribution >= 4 is 11.6 Å². The summed E-state index contributed by atoms with van der Waals surface area (Å²) in [5, 5.41) is 0. The van der Waals surface area contributed by atoms with E-state index in [4.69, 9.17) is 9.47 Å². The van der Waals surface area contributed by atoms with Crippen molar-refractivity contribution < 1.29 is 18.7 Å². The highest BCUT2D eigenvalue weighted by Gasteiger charge is 2.53. The maximum absolute atomic E-state index is 14.7. The summed E-state index contributed by atoms with van der Waals surface area (Å²) < 4.78 is 27.3. The van der Waals surface area contributed by atoms with E-state index in [1.165, 1.54) is 4.40 Å². The average molecular weight is 347 g/mol. The number of likely N-dealkylation sites (tertiary alicyclic amines) is 1. The number of pyridine rings is 1. The van der Waals surface area contributed by atoms with Crippen LogP contribution in [0.25, 0.3) is 5.65 Å². The fourth-order valence-electron chi connectivity index (χ4n) is 4.36. The van der Waals surface area contributed by atoms with Crippen LogP contribution < -0.4 is 0 Å². The predicted octanol–water partition coefficient (Wildman–Crippen LogP) is 2.27. The SMILES string of the molecule is CO[C@@H]1CC[C@@]2(OC)CCN(C(=O)c3nc4ccccn4c3F)[C@H]2C1. The van der Waals surface area contributed by atoms with E-state index in [9.17, 15) is 9.18 Å².